The summed E-state index contributed by atoms with van der Waals surface area (Å²) in [5.41, 5.74) is 0. The molecule has 2 N–H and O–H groups in total. The number of amides is 1. The van der Waals surface area contributed by atoms with Crippen LogP contribution in [0.15, 0.2) is 0 Å². The molecule has 0 bridgehead atoms. The Kier molecular flexibility index (Phi) is 13.1. The molecule has 0 saturated carbocycles. The molecular weight excluding hydrogens is 242 g/mol. The van der Waals surface area contributed by atoms with Crippen LogP contribution in [0, 0.1) is 5.92 Å². The number of rotatable bonds is 12. The molecule has 0 aliphatic rings. The quantitative estimate of drug-likeness (QED) is 0.535. The summed E-state index contributed by atoms with van der Waals surface area (Å²) >= 11 is 0. The Morgan fingerprint density at radius 2 is 1.63 bits per heavy atom. The summed E-state index contributed by atoms with van der Waals surface area (Å²) in [6.45, 7) is 5.17. The highest BCUT2D eigenvalue weighted by Crippen LogP contribution is 2.11. The second kappa shape index (κ2) is 13.7. The number of carbonyl (C=O) groups is 1. The van der Waals surface area contributed by atoms with E-state index in [0.717, 1.165) is 18.8 Å². The average Bonchev–Trinajstić information content (AvgIpc) is 2.38. The summed E-state index contributed by atoms with van der Waals surface area (Å²) in [5.74, 6) is 0.830. The zero-order valence-corrected chi connectivity index (χ0v) is 12.6. The molecule has 0 unspecified atom stereocenters. The molecule has 0 rings (SSSR count). The van der Waals surface area contributed by atoms with Gasteiger partial charge in [0.15, 0.2) is 0 Å². The average molecular weight is 273 g/mol. The monoisotopic (exact) mass is 273 g/mol. The lowest BCUT2D eigenvalue weighted by Crippen LogP contribution is -2.26. The number of alkyl carbamates (subject to hydrolysis) is 1. The number of hydrogen-bond acceptors (Lipinski definition) is 3. The smallest absolute Gasteiger partial charge is 0.407 e. The molecule has 0 aliphatic heterocycles. The van der Waals surface area contributed by atoms with Crippen molar-refractivity contribution in [1.29, 1.82) is 0 Å². The molecule has 1 amide bonds. The van der Waals surface area contributed by atoms with Gasteiger partial charge >= 0.3 is 6.09 Å². The van der Waals surface area contributed by atoms with Crippen molar-refractivity contribution in [2.45, 2.75) is 65.2 Å². The van der Waals surface area contributed by atoms with Gasteiger partial charge in [-0.15, -0.1) is 0 Å². The van der Waals surface area contributed by atoms with Crippen molar-refractivity contribution in [3.8, 4) is 0 Å². The van der Waals surface area contributed by atoms with E-state index in [0.29, 0.717) is 6.54 Å². The molecule has 4 nitrogen and oxygen atoms in total. The van der Waals surface area contributed by atoms with E-state index < -0.39 is 6.09 Å². The van der Waals surface area contributed by atoms with Gasteiger partial charge in [0, 0.05) is 6.54 Å². The van der Waals surface area contributed by atoms with Crippen LogP contribution >= 0.6 is 0 Å². The fraction of sp³-hybridized carbons (Fsp3) is 0.933. The van der Waals surface area contributed by atoms with Gasteiger partial charge in [0.05, 0.1) is 6.61 Å². The third kappa shape index (κ3) is 15.2. The second-order valence-electron chi connectivity index (χ2n) is 5.44. The van der Waals surface area contributed by atoms with Crippen LogP contribution in [-0.4, -0.2) is 31.0 Å². The third-order valence-electron chi connectivity index (χ3n) is 3.05. The maximum absolute atomic E-state index is 11.0. The third-order valence-corrected chi connectivity index (χ3v) is 3.05. The van der Waals surface area contributed by atoms with Gasteiger partial charge in [-0.05, 0) is 12.3 Å². The lowest BCUT2D eigenvalue weighted by atomic mass is 10.0. The van der Waals surface area contributed by atoms with Gasteiger partial charge in [0.1, 0.15) is 6.61 Å². The molecule has 114 valence electrons. The van der Waals surface area contributed by atoms with Crippen molar-refractivity contribution in [3.63, 3.8) is 0 Å². The lowest BCUT2D eigenvalue weighted by Gasteiger charge is -2.06. The van der Waals surface area contributed by atoms with Crippen LogP contribution in [0.4, 0.5) is 4.79 Å². The Morgan fingerprint density at radius 3 is 2.21 bits per heavy atom. The second-order valence-corrected chi connectivity index (χ2v) is 5.44. The molecule has 0 fully saturated rings. The number of unbranched alkanes of at least 4 members (excludes halogenated alkanes) is 6. The highest BCUT2D eigenvalue weighted by atomic mass is 16.6. The Balaban J connectivity index is 3.08. The minimum Gasteiger partial charge on any atom is -0.447 e. The topological polar surface area (TPSA) is 58.6 Å². The Bertz CT molecular complexity index is 208. The normalized spacial score (nSPS) is 10.7. The minimum atomic E-state index is -0.428. The molecule has 0 spiro atoms. The van der Waals surface area contributed by atoms with E-state index in [-0.39, 0.29) is 13.2 Å². The van der Waals surface area contributed by atoms with E-state index in [2.05, 4.69) is 23.9 Å². The fourth-order valence-corrected chi connectivity index (χ4v) is 1.94. The minimum absolute atomic E-state index is 0.0716. The van der Waals surface area contributed by atoms with E-state index in [1.165, 1.54) is 38.5 Å². The molecule has 0 aromatic rings. The van der Waals surface area contributed by atoms with Crippen molar-refractivity contribution in [3.05, 3.63) is 0 Å². The first-order valence-electron chi connectivity index (χ1n) is 7.68. The lowest BCUT2D eigenvalue weighted by molar-refractivity contribution is 0.119. The molecule has 0 aromatic heterocycles. The van der Waals surface area contributed by atoms with Crippen molar-refractivity contribution in [2.75, 3.05) is 19.8 Å². The molecule has 4 heteroatoms. The molecule has 0 heterocycles. The van der Waals surface area contributed by atoms with Gasteiger partial charge in [-0.1, -0.05) is 58.8 Å². The maximum atomic E-state index is 11.0. The summed E-state index contributed by atoms with van der Waals surface area (Å²) in [6, 6.07) is 0. The number of ether oxygens (including phenoxy) is 1. The van der Waals surface area contributed by atoms with Crippen LogP contribution < -0.4 is 5.32 Å². The number of hydrogen-bond donors (Lipinski definition) is 2. The number of aliphatic hydroxyl groups excluding tert-OH is 1. The van der Waals surface area contributed by atoms with Crippen LogP contribution in [0.1, 0.15) is 65.2 Å². The Morgan fingerprint density at radius 1 is 1.05 bits per heavy atom. The molecule has 0 aliphatic carbocycles. The molecule has 0 atom stereocenters. The fourth-order valence-electron chi connectivity index (χ4n) is 1.94. The van der Waals surface area contributed by atoms with Crippen molar-refractivity contribution < 1.29 is 14.6 Å². The SMILES string of the molecule is CC(C)CCCCCCCCCNC(=O)OCCO. The van der Waals surface area contributed by atoms with Gasteiger partial charge in [-0.3, -0.25) is 0 Å². The van der Waals surface area contributed by atoms with Gasteiger partial charge in [-0.25, -0.2) is 4.79 Å². The summed E-state index contributed by atoms with van der Waals surface area (Å²) < 4.78 is 4.68. The van der Waals surface area contributed by atoms with Crippen LogP contribution in [-0.2, 0) is 4.74 Å². The van der Waals surface area contributed by atoms with E-state index in [4.69, 9.17) is 5.11 Å². The first-order chi connectivity index (χ1) is 9.16. The largest absolute Gasteiger partial charge is 0.447 e. The van der Waals surface area contributed by atoms with Crippen molar-refractivity contribution in [2.24, 2.45) is 5.92 Å². The molecule has 0 saturated heterocycles. The summed E-state index contributed by atoms with van der Waals surface area (Å²) in [5, 5.41) is 11.1. The summed E-state index contributed by atoms with van der Waals surface area (Å²) in [4.78, 5) is 11.0. The van der Waals surface area contributed by atoms with Crippen molar-refractivity contribution >= 4 is 6.09 Å². The van der Waals surface area contributed by atoms with Crippen LogP contribution in [0.25, 0.3) is 0 Å². The number of carbonyl (C=O) groups excluding carboxylic acids is 1. The van der Waals surface area contributed by atoms with Crippen LogP contribution in [0.5, 0.6) is 0 Å². The van der Waals surface area contributed by atoms with Gasteiger partial charge < -0.3 is 15.2 Å². The van der Waals surface area contributed by atoms with Crippen LogP contribution in [0.2, 0.25) is 0 Å². The first kappa shape index (κ1) is 18.2. The van der Waals surface area contributed by atoms with E-state index in [1.54, 1.807) is 0 Å². The van der Waals surface area contributed by atoms with Gasteiger partial charge in [0.25, 0.3) is 0 Å². The number of aliphatic hydroxyl groups is 1. The maximum Gasteiger partial charge on any atom is 0.407 e. The zero-order valence-electron chi connectivity index (χ0n) is 12.6. The first-order valence-corrected chi connectivity index (χ1v) is 7.68. The van der Waals surface area contributed by atoms with E-state index in [9.17, 15) is 4.79 Å². The van der Waals surface area contributed by atoms with Gasteiger partial charge in [-0.2, -0.15) is 0 Å². The van der Waals surface area contributed by atoms with E-state index >= 15 is 0 Å². The molecule has 19 heavy (non-hydrogen) atoms. The standard InChI is InChI=1S/C15H31NO3/c1-14(2)10-8-6-4-3-5-7-9-11-16-15(18)19-13-12-17/h14,17H,3-13H2,1-2H3,(H,16,18). The van der Waals surface area contributed by atoms with Crippen LogP contribution in [0.3, 0.4) is 0 Å². The Labute approximate surface area is 117 Å². The van der Waals surface area contributed by atoms with E-state index in [1.807, 2.05) is 0 Å². The highest BCUT2D eigenvalue weighted by Gasteiger charge is 1.99. The summed E-state index contributed by atoms with van der Waals surface area (Å²) in [6.07, 6.45) is 9.66. The van der Waals surface area contributed by atoms with Crippen molar-refractivity contribution in [1.82, 2.24) is 5.32 Å². The Hall–Kier alpha value is -0.770. The predicted molar refractivity (Wildman–Crippen MR) is 78.2 cm³/mol. The highest BCUT2D eigenvalue weighted by molar-refractivity contribution is 5.66. The molecular formula is C15H31NO3. The zero-order chi connectivity index (χ0) is 14.3. The van der Waals surface area contributed by atoms with Gasteiger partial charge in [0.2, 0.25) is 0 Å². The number of nitrogens with one attached hydrogen (secondary N) is 1. The molecule has 0 radical (unpaired) electrons. The predicted octanol–water partition coefficient (Wildman–Crippen LogP) is 3.48. The summed E-state index contributed by atoms with van der Waals surface area (Å²) in [7, 11) is 0. The molecule has 0 aromatic carbocycles.